The summed E-state index contributed by atoms with van der Waals surface area (Å²) in [5.74, 6) is -0.363. The maximum atomic E-state index is 12.8. The molecule has 0 spiro atoms. The number of carboxylic acid groups (broad SMARTS) is 1. The molecule has 1 aromatic heterocycles. The summed E-state index contributed by atoms with van der Waals surface area (Å²) in [7, 11) is 0. The normalized spacial score (nSPS) is 23.6. The van der Waals surface area contributed by atoms with Crippen molar-refractivity contribution in [1.82, 2.24) is 19.8 Å². The number of carbonyl (C=O) groups is 2. The number of likely N-dealkylation sites (tertiary alicyclic amines) is 1. The molecule has 0 aromatic carbocycles. The lowest BCUT2D eigenvalue weighted by Gasteiger charge is -2.23. The summed E-state index contributed by atoms with van der Waals surface area (Å²) in [6.07, 6.45) is 9.22. The maximum Gasteiger partial charge on any atom is 0.317 e. The fourth-order valence-electron chi connectivity index (χ4n) is 3.77. The molecule has 1 amide bonds. The molecule has 1 aromatic rings. The predicted molar refractivity (Wildman–Crippen MR) is 103 cm³/mol. The number of rotatable bonds is 8. The van der Waals surface area contributed by atoms with Crippen LogP contribution in [-0.4, -0.2) is 57.1 Å². The van der Waals surface area contributed by atoms with Crippen molar-refractivity contribution in [3.05, 3.63) is 18.7 Å². The Morgan fingerprint density at radius 3 is 2.58 bits per heavy atom. The van der Waals surface area contributed by atoms with E-state index in [9.17, 15) is 9.59 Å². The first kappa shape index (κ1) is 22.7. The average molecular weight is 407 g/mol. The van der Waals surface area contributed by atoms with E-state index in [4.69, 9.17) is 5.11 Å². The number of imidazole rings is 1. The molecule has 1 aliphatic heterocycles. The van der Waals surface area contributed by atoms with Gasteiger partial charge in [0.15, 0.2) is 0 Å². The molecule has 2 fully saturated rings. The lowest BCUT2D eigenvalue weighted by atomic mass is 9.97. The highest BCUT2D eigenvalue weighted by atomic mass is 35.5. The molecule has 2 N–H and O–H groups in total. The molecule has 1 saturated carbocycles. The van der Waals surface area contributed by atoms with E-state index >= 15 is 0 Å². The molecular formula is C17H28Cl2N4O3. The Hall–Kier alpha value is -1.31. The summed E-state index contributed by atoms with van der Waals surface area (Å²) in [6, 6.07) is 0.0528. The molecule has 3 rings (SSSR count). The molecule has 7 nitrogen and oxygen atoms in total. The van der Waals surface area contributed by atoms with Gasteiger partial charge in [-0.05, 0) is 25.2 Å². The van der Waals surface area contributed by atoms with Crippen LogP contribution in [0.3, 0.4) is 0 Å². The van der Waals surface area contributed by atoms with Gasteiger partial charge in [-0.25, -0.2) is 4.98 Å². The van der Waals surface area contributed by atoms with Gasteiger partial charge in [-0.15, -0.1) is 24.8 Å². The zero-order chi connectivity index (χ0) is 17.2. The highest BCUT2D eigenvalue weighted by Gasteiger charge is 2.51. The molecule has 9 heteroatoms. The van der Waals surface area contributed by atoms with Crippen molar-refractivity contribution in [2.24, 2.45) is 11.3 Å². The summed E-state index contributed by atoms with van der Waals surface area (Å²) < 4.78 is 1.96. The van der Waals surface area contributed by atoms with Crippen LogP contribution in [0.25, 0.3) is 0 Å². The van der Waals surface area contributed by atoms with E-state index in [1.807, 2.05) is 15.7 Å². The average Bonchev–Trinajstić information content (AvgIpc) is 2.94. The SMILES string of the molecule is CCC[C@H]1CN(CC(=O)O)C[C@@H]1NC(=O)C1(Cn2ccnc2)CC1.Cl.Cl. The third-order valence-electron chi connectivity index (χ3n) is 5.23. The number of nitrogens with one attached hydrogen (secondary N) is 1. The monoisotopic (exact) mass is 406 g/mol. The van der Waals surface area contributed by atoms with Gasteiger partial charge in [0.05, 0.1) is 18.3 Å². The van der Waals surface area contributed by atoms with E-state index in [-0.39, 0.29) is 48.7 Å². The van der Waals surface area contributed by atoms with Gasteiger partial charge in [0, 0.05) is 38.1 Å². The zero-order valence-corrected chi connectivity index (χ0v) is 16.6. The van der Waals surface area contributed by atoms with Gasteiger partial charge >= 0.3 is 5.97 Å². The number of hydrogen-bond donors (Lipinski definition) is 2. The van der Waals surface area contributed by atoms with Gasteiger partial charge < -0.3 is 15.0 Å². The largest absolute Gasteiger partial charge is 0.480 e. The predicted octanol–water partition coefficient (Wildman–Crippen LogP) is 1.81. The van der Waals surface area contributed by atoms with Crippen LogP contribution in [0.2, 0.25) is 0 Å². The summed E-state index contributed by atoms with van der Waals surface area (Å²) in [5, 5.41) is 12.2. The Balaban J connectivity index is 0.00000169. The van der Waals surface area contributed by atoms with E-state index in [0.717, 1.165) is 32.2 Å². The second kappa shape index (κ2) is 9.58. The quantitative estimate of drug-likeness (QED) is 0.687. The van der Waals surface area contributed by atoms with Gasteiger partial charge in [0.1, 0.15) is 0 Å². The van der Waals surface area contributed by atoms with Crippen LogP contribution in [-0.2, 0) is 16.1 Å². The van der Waals surface area contributed by atoms with E-state index in [2.05, 4.69) is 17.2 Å². The summed E-state index contributed by atoms with van der Waals surface area (Å²) in [5.41, 5.74) is -0.308. The minimum atomic E-state index is -0.809. The third kappa shape index (κ3) is 5.34. The van der Waals surface area contributed by atoms with Crippen molar-refractivity contribution in [3.63, 3.8) is 0 Å². The van der Waals surface area contributed by atoms with Crippen molar-refractivity contribution in [3.8, 4) is 0 Å². The molecule has 1 saturated heterocycles. The number of carboxylic acids is 1. The summed E-state index contributed by atoms with van der Waals surface area (Å²) >= 11 is 0. The van der Waals surface area contributed by atoms with Gasteiger partial charge in [0.25, 0.3) is 0 Å². The fraction of sp³-hybridized carbons (Fsp3) is 0.706. The van der Waals surface area contributed by atoms with Crippen LogP contribution < -0.4 is 5.32 Å². The smallest absolute Gasteiger partial charge is 0.317 e. The standard InChI is InChI=1S/C17H26N4O3.2ClH/c1-2-3-13-8-21(10-15(22)23)9-14(13)19-16(24)17(4-5-17)11-20-7-6-18-12-20;;/h6-7,12-14H,2-5,8-11H2,1H3,(H,19,24)(H,22,23);2*1H/t13-,14-;;/m0../s1. The van der Waals surface area contributed by atoms with Crippen molar-refractivity contribution in [2.75, 3.05) is 19.6 Å². The Kier molecular flexibility index (Phi) is 8.37. The number of amides is 1. The molecular weight excluding hydrogens is 379 g/mol. The van der Waals surface area contributed by atoms with Crippen molar-refractivity contribution in [1.29, 1.82) is 0 Å². The molecule has 2 heterocycles. The first-order valence-electron chi connectivity index (χ1n) is 8.73. The topological polar surface area (TPSA) is 87.5 Å². The van der Waals surface area contributed by atoms with E-state index in [1.165, 1.54) is 0 Å². The molecule has 148 valence electrons. The number of carbonyl (C=O) groups excluding carboxylic acids is 1. The molecule has 2 atom stereocenters. The highest BCUT2D eigenvalue weighted by molar-refractivity contribution is 5.86. The van der Waals surface area contributed by atoms with Crippen molar-refractivity contribution >= 4 is 36.7 Å². The molecule has 2 aliphatic rings. The second-order valence-corrected chi connectivity index (χ2v) is 7.23. The van der Waals surface area contributed by atoms with Crippen LogP contribution in [0, 0.1) is 11.3 Å². The van der Waals surface area contributed by atoms with Crippen LogP contribution >= 0.6 is 24.8 Å². The number of aliphatic carboxylic acids is 1. The Morgan fingerprint density at radius 1 is 1.31 bits per heavy atom. The number of aromatic nitrogens is 2. The minimum Gasteiger partial charge on any atom is -0.480 e. The van der Waals surface area contributed by atoms with Crippen molar-refractivity contribution in [2.45, 2.75) is 45.2 Å². The van der Waals surface area contributed by atoms with Gasteiger partial charge in [-0.3, -0.25) is 14.5 Å². The van der Waals surface area contributed by atoms with Gasteiger partial charge in [0.2, 0.25) is 5.91 Å². The molecule has 26 heavy (non-hydrogen) atoms. The Bertz CT molecular complexity index is 593. The van der Waals surface area contributed by atoms with Gasteiger partial charge in [-0.2, -0.15) is 0 Å². The fourth-order valence-corrected chi connectivity index (χ4v) is 3.77. The van der Waals surface area contributed by atoms with Crippen LogP contribution in [0.5, 0.6) is 0 Å². The van der Waals surface area contributed by atoms with Crippen LogP contribution in [0.4, 0.5) is 0 Å². The number of nitrogens with zero attached hydrogens (tertiary/aromatic N) is 3. The maximum absolute atomic E-state index is 12.8. The lowest BCUT2D eigenvalue weighted by molar-refractivity contribution is -0.138. The van der Waals surface area contributed by atoms with Crippen LogP contribution in [0.1, 0.15) is 32.6 Å². The highest BCUT2D eigenvalue weighted by Crippen LogP contribution is 2.47. The molecule has 1 aliphatic carbocycles. The second-order valence-electron chi connectivity index (χ2n) is 7.23. The van der Waals surface area contributed by atoms with Gasteiger partial charge in [-0.1, -0.05) is 13.3 Å². The zero-order valence-electron chi connectivity index (χ0n) is 15.0. The van der Waals surface area contributed by atoms with E-state index in [1.54, 1.807) is 12.5 Å². The van der Waals surface area contributed by atoms with E-state index < -0.39 is 5.97 Å². The minimum absolute atomic E-state index is 0. The lowest BCUT2D eigenvalue weighted by Crippen LogP contribution is -2.45. The Morgan fingerprint density at radius 2 is 2.04 bits per heavy atom. The van der Waals surface area contributed by atoms with Crippen molar-refractivity contribution < 1.29 is 14.7 Å². The van der Waals surface area contributed by atoms with E-state index in [0.29, 0.717) is 19.0 Å². The first-order chi connectivity index (χ1) is 11.5. The Labute approximate surface area is 166 Å². The van der Waals surface area contributed by atoms with Crippen LogP contribution in [0.15, 0.2) is 18.7 Å². The number of halogens is 2. The summed E-state index contributed by atoms with van der Waals surface area (Å²) in [4.78, 5) is 29.7. The first-order valence-corrected chi connectivity index (χ1v) is 8.73. The molecule has 0 unspecified atom stereocenters. The molecule has 0 radical (unpaired) electrons. The molecule has 0 bridgehead atoms. The summed E-state index contributed by atoms with van der Waals surface area (Å²) in [6.45, 7) is 4.22. The third-order valence-corrected chi connectivity index (χ3v) is 5.23. The number of hydrogen-bond acceptors (Lipinski definition) is 4.